The zero-order chi connectivity index (χ0) is 15.3. The molecule has 0 bridgehead atoms. The van der Waals surface area contributed by atoms with Gasteiger partial charge >= 0.3 is 5.97 Å². The van der Waals surface area contributed by atoms with Crippen molar-refractivity contribution < 1.29 is 14.7 Å². The van der Waals surface area contributed by atoms with Gasteiger partial charge in [0.05, 0.1) is 6.54 Å². The molecule has 0 aromatic carbocycles. The highest BCUT2D eigenvalue weighted by atomic mass is 16.4. The first-order valence-corrected chi connectivity index (χ1v) is 7.19. The summed E-state index contributed by atoms with van der Waals surface area (Å²) < 4.78 is 0. The standard InChI is InChI=1S/C16H25NO3/c1-5-10-17(11-14(18)19)15(20)12-6-8-13(9-7-12)16(2,3)4/h1,12-13H,6-11H2,2-4H3,(H,18,19). The van der Waals surface area contributed by atoms with Gasteiger partial charge in [-0.1, -0.05) is 26.7 Å². The number of amides is 1. The van der Waals surface area contributed by atoms with E-state index in [4.69, 9.17) is 11.5 Å². The summed E-state index contributed by atoms with van der Waals surface area (Å²) in [7, 11) is 0. The Balaban J connectivity index is 2.60. The van der Waals surface area contributed by atoms with Crippen LogP contribution in [0, 0.1) is 29.6 Å². The molecule has 1 aliphatic rings. The Labute approximate surface area is 121 Å². The van der Waals surface area contributed by atoms with Crippen molar-refractivity contribution in [1.29, 1.82) is 0 Å². The fourth-order valence-corrected chi connectivity index (χ4v) is 2.95. The molecule has 4 heteroatoms. The molecule has 0 radical (unpaired) electrons. The first kappa shape index (κ1) is 16.6. The molecule has 0 aromatic heterocycles. The van der Waals surface area contributed by atoms with Crippen molar-refractivity contribution in [3.05, 3.63) is 0 Å². The number of rotatable bonds is 4. The number of carbonyl (C=O) groups is 2. The highest BCUT2D eigenvalue weighted by Gasteiger charge is 2.34. The summed E-state index contributed by atoms with van der Waals surface area (Å²) in [5.74, 6) is 1.82. The van der Waals surface area contributed by atoms with Crippen LogP contribution in [0.3, 0.4) is 0 Å². The fourth-order valence-electron chi connectivity index (χ4n) is 2.95. The topological polar surface area (TPSA) is 57.6 Å². The van der Waals surface area contributed by atoms with Crippen LogP contribution in [0.15, 0.2) is 0 Å². The molecule has 0 unspecified atom stereocenters. The van der Waals surface area contributed by atoms with Crippen LogP contribution in [-0.2, 0) is 9.59 Å². The van der Waals surface area contributed by atoms with Crippen molar-refractivity contribution in [1.82, 2.24) is 4.90 Å². The number of carboxylic acid groups (broad SMARTS) is 1. The van der Waals surface area contributed by atoms with E-state index in [-0.39, 0.29) is 30.3 Å². The van der Waals surface area contributed by atoms with Gasteiger partial charge in [-0.15, -0.1) is 6.42 Å². The number of hydrogen-bond donors (Lipinski definition) is 1. The molecule has 1 fully saturated rings. The minimum atomic E-state index is -1.02. The number of hydrogen-bond acceptors (Lipinski definition) is 2. The molecule has 0 atom stereocenters. The molecule has 0 saturated heterocycles. The maximum absolute atomic E-state index is 12.3. The number of carboxylic acids is 1. The molecule has 1 aliphatic carbocycles. The van der Waals surface area contributed by atoms with E-state index in [1.165, 1.54) is 4.90 Å². The third-order valence-electron chi connectivity index (χ3n) is 4.22. The Morgan fingerprint density at radius 2 is 1.80 bits per heavy atom. The van der Waals surface area contributed by atoms with Crippen LogP contribution in [0.1, 0.15) is 46.5 Å². The summed E-state index contributed by atoms with van der Waals surface area (Å²) in [4.78, 5) is 24.4. The summed E-state index contributed by atoms with van der Waals surface area (Å²) in [5.41, 5.74) is 0.271. The Hall–Kier alpha value is -1.50. The van der Waals surface area contributed by atoms with Gasteiger partial charge in [-0.2, -0.15) is 0 Å². The third-order valence-corrected chi connectivity index (χ3v) is 4.22. The van der Waals surface area contributed by atoms with Crippen LogP contribution < -0.4 is 0 Å². The molecule has 0 spiro atoms. The zero-order valence-electron chi connectivity index (χ0n) is 12.7. The summed E-state index contributed by atoms with van der Waals surface area (Å²) >= 11 is 0. The van der Waals surface area contributed by atoms with E-state index < -0.39 is 5.97 Å². The largest absolute Gasteiger partial charge is 0.480 e. The molecule has 4 nitrogen and oxygen atoms in total. The van der Waals surface area contributed by atoms with Crippen molar-refractivity contribution in [2.75, 3.05) is 13.1 Å². The Morgan fingerprint density at radius 1 is 1.25 bits per heavy atom. The van der Waals surface area contributed by atoms with Crippen molar-refractivity contribution in [3.8, 4) is 12.3 Å². The second-order valence-electron chi connectivity index (χ2n) is 6.71. The minimum Gasteiger partial charge on any atom is -0.480 e. The quantitative estimate of drug-likeness (QED) is 0.804. The molecule has 0 aromatic rings. The second-order valence-corrected chi connectivity index (χ2v) is 6.71. The van der Waals surface area contributed by atoms with Crippen molar-refractivity contribution >= 4 is 11.9 Å². The lowest BCUT2D eigenvalue weighted by molar-refractivity contribution is -0.146. The Bertz CT molecular complexity index is 395. The van der Waals surface area contributed by atoms with Crippen LogP contribution in [0.5, 0.6) is 0 Å². The van der Waals surface area contributed by atoms with Gasteiger partial charge in [0.15, 0.2) is 0 Å². The summed E-state index contributed by atoms with van der Waals surface area (Å²) in [6.07, 6.45) is 8.93. The normalized spacial score (nSPS) is 22.9. The molecule has 0 aliphatic heterocycles. The molecule has 1 saturated carbocycles. The van der Waals surface area contributed by atoms with Crippen LogP contribution >= 0.6 is 0 Å². The third kappa shape index (κ3) is 4.56. The first-order chi connectivity index (χ1) is 9.25. The summed E-state index contributed by atoms with van der Waals surface area (Å²) in [6.45, 7) is 6.46. The molecule has 112 valence electrons. The molecular weight excluding hydrogens is 254 g/mol. The van der Waals surface area contributed by atoms with Crippen LogP contribution in [0.4, 0.5) is 0 Å². The SMILES string of the molecule is C#CCN(CC(=O)O)C(=O)C1CCC(C(C)(C)C)CC1. The van der Waals surface area contributed by atoms with E-state index in [1.807, 2.05) is 0 Å². The average molecular weight is 279 g/mol. The van der Waals surface area contributed by atoms with E-state index in [9.17, 15) is 9.59 Å². The van der Waals surface area contributed by atoms with E-state index in [0.717, 1.165) is 25.7 Å². The lowest BCUT2D eigenvalue weighted by Crippen LogP contribution is -2.41. The predicted molar refractivity (Wildman–Crippen MR) is 78.0 cm³/mol. The van der Waals surface area contributed by atoms with Gasteiger partial charge in [-0.05, 0) is 37.0 Å². The van der Waals surface area contributed by atoms with E-state index in [0.29, 0.717) is 5.92 Å². The fraction of sp³-hybridized carbons (Fsp3) is 0.750. The van der Waals surface area contributed by atoms with E-state index >= 15 is 0 Å². The molecule has 1 rings (SSSR count). The molecule has 0 heterocycles. The van der Waals surface area contributed by atoms with Gasteiger partial charge in [-0.25, -0.2) is 0 Å². The number of carbonyl (C=O) groups excluding carboxylic acids is 1. The summed E-state index contributed by atoms with van der Waals surface area (Å²) in [5, 5.41) is 8.84. The maximum Gasteiger partial charge on any atom is 0.323 e. The second kappa shape index (κ2) is 6.78. The van der Waals surface area contributed by atoms with Gasteiger partial charge in [0.1, 0.15) is 6.54 Å². The maximum atomic E-state index is 12.3. The van der Waals surface area contributed by atoms with Gasteiger partial charge in [0.25, 0.3) is 0 Å². The van der Waals surface area contributed by atoms with Crippen molar-refractivity contribution in [2.45, 2.75) is 46.5 Å². The van der Waals surface area contributed by atoms with Gasteiger partial charge in [0, 0.05) is 5.92 Å². The molecular formula is C16H25NO3. The Morgan fingerprint density at radius 3 is 2.20 bits per heavy atom. The molecule has 20 heavy (non-hydrogen) atoms. The van der Waals surface area contributed by atoms with E-state index in [2.05, 4.69) is 26.7 Å². The Kier molecular flexibility index (Phi) is 5.62. The number of aliphatic carboxylic acids is 1. The predicted octanol–water partition coefficient (Wildman–Crippen LogP) is 2.39. The van der Waals surface area contributed by atoms with Crippen LogP contribution in [0.2, 0.25) is 0 Å². The average Bonchev–Trinajstić information content (AvgIpc) is 2.36. The lowest BCUT2D eigenvalue weighted by Gasteiger charge is -2.37. The highest BCUT2D eigenvalue weighted by molar-refractivity contribution is 5.83. The van der Waals surface area contributed by atoms with Gasteiger partial charge in [0.2, 0.25) is 5.91 Å². The molecule has 1 N–H and O–H groups in total. The monoisotopic (exact) mass is 279 g/mol. The summed E-state index contributed by atoms with van der Waals surface area (Å²) in [6, 6.07) is 0. The van der Waals surface area contributed by atoms with E-state index in [1.54, 1.807) is 0 Å². The van der Waals surface area contributed by atoms with Crippen molar-refractivity contribution in [2.24, 2.45) is 17.3 Å². The van der Waals surface area contributed by atoms with Crippen LogP contribution in [-0.4, -0.2) is 35.0 Å². The number of nitrogens with zero attached hydrogens (tertiary/aromatic N) is 1. The number of terminal acetylenes is 1. The zero-order valence-corrected chi connectivity index (χ0v) is 12.7. The smallest absolute Gasteiger partial charge is 0.323 e. The lowest BCUT2D eigenvalue weighted by atomic mass is 9.69. The molecule has 1 amide bonds. The minimum absolute atomic E-state index is 0.0682. The van der Waals surface area contributed by atoms with Gasteiger partial charge in [-0.3, -0.25) is 9.59 Å². The first-order valence-electron chi connectivity index (χ1n) is 7.19. The van der Waals surface area contributed by atoms with Crippen LogP contribution in [0.25, 0.3) is 0 Å². The highest BCUT2D eigenvalue weighted by Crippen LogP contribution is 2.40. The van der Waals surface area contributed by atoms with Crippen molar-refractivity contribution in [3.63, 3.8) is 0 Å². The van der Waals surface area contributed by atoms with Gasteiger partial charge < -0.3 is 10.0 Å².